The van der Waals surface area contributed by atoms with Gasteiger partial charge in [-0.15, -0.1) is 0 Å². The first-order valence-corrected chi connectivity index (χ1v) is 8.43. The van der Waals surface area contributed by atoms with Gasteiger partial charge in [0.25, 0.3) is 0 Å². The molecule has 0 rings (SSSR count). The van der Waals surface area contributed by atoms with E-state index in [-0.39, 0.29) is 0 Å². The highest BCUT2D eigenvalue weighted by atomic mass is 16.1. The number of hydrogen-bond acceptors (Lipinski definition) is 1. The van der Waals surface area contributed by atoms with Gasteiger partial charge in [0.15, 0.2) is 5.78 Å². The largest absolute Gasteiger partial charge is 0.295 e. The molecule has 0 amide bonds. The van der Waals surface area contributed by atoms with Crippen molar-refractivity contribution in [2.45, 2.75) is 97.3 Å². The second kappa shape index (κ2) is 13.8. The smallest absolute Gasteiger partial charge is 0.158 e. The molecule has 0 saturated carbocycles. The molecule has 1 heteroatoms. The number of ketones is 1. The Morgan fingerprint density at radius 3 is 1.63 bits per heavy atom. The fourth-order valence-electron chi connectivity index (χ4n) is 2.32. The number of hydrogen-bond donors (Lipinski definition) is 0. The summed E-state index contributed by atoms with van der Waals surface area (Å²) < 4.78 is 0. The van der Waals surface area contributed by atoms with Crippen LogP contribution in [0, 0.1) is 0 Å². The zero-order valence-corrected chi connectivity index (χ0v) is 13.3. The molecule has 0 aromatic heterocycles. The topological polar surface area (TPSA) is 17.1 Å². The predicted molar refractivity (Wildman–Crippen MR) is 85.5 cm³/mol. The number of carbonyl (C=O) groups is 1. The molecule has 0 aromatic rings. The molecule has 0 fully saturated rings. The van der Waals surface area contributed by atoms with Crippen LogP contribution in [0.5, 0.6) is 0 Å². The molecule has 0 spiro atoms. The predicted octanol–water partition coefficient (Wildman–Crippen LogP) is 6.22. The van der Waals surface area contributed by atoms with Crippen LogP contribution in [0.1, 0.15) is 97.3 Å². The highest BCUT2D eigenvalue weighted by Gasteiger charge is 2.06. The third kappa shape index (κ3) is 12.2. The second-order valence-electron chi connectivity index (χ2n) is 5.71. The Bertz CT molecular complexity index is 230. The number of allylic oxidation sites excluding steroid dienone is 1. The molecule has 0 aliphatic heterocycles. The van der Waals surface area contributed by atoms with E-state index in [1.165, 1.54) is 57.8 Å². The lowest BCUT2D eigenvalue weighted by molar-refractivity contribution is -0.115. The molecule has 0 bridgehead atoms. The maximum atomic E-state index is 11.9. The summed E-state index contributed by atoms with van der Waals surface area (Å²) in [6, 6.07) is 0. The SMILES string of the molecule is C=C(CCCCCCC)C(=O)CCCCCCCC. The summed E-state index contributed by atoms with van der Waals surface area (Å²) in [4.78, 5) is 11.9. The van der Waals surface area contributed by atoms with E-state index in [1.807, 2.05) is 0 Å². The van der Waals surface area contributed by atoms with Crippen LogP contribution in [-0.4, -0.2) is 5.78 Å². The van der Waals surface area contributed by atoms with Gasteiger partial charge >= 0.3 is 0 Å². The zero-order chi connectivity index (χ0) is 14.3. The van der Waals surface area contributed by atoms with Gasteiger partial charge in [-0.3, -0.25) is 4.79 Å². The molecule has 0 unspecified atom stereocenters. The van der Waals surface area contributed by atoms with E-state index in [2.05, 4.69) is 20.4 Å². The maximum Gasteiger partial charge on any atom is 0.158 e. The van der Waals surface area contributed by atoms with Crippen LogP contribution >= 0.6 is 0 Å². The fraction of sp³-hybridized carbons (Fsp3) is 0.833. The average molecular weight is 266 g/mol. The van der Waals surface area contributed by atoms with E-state index < -0.39 is 0 Å². The van der Waals surface area contributed by atoms with E-state index >= 15 is 0 Å². The minimum Gasteiger partial charge on any atom is -0.295 e. The van der Waals surface area contributed by atoms with E-state index in [0.717, 1.165) is 31.3 Å². The lowest BCUT2D eigenvalue weighted by Crippen LogP contribution is -2.01. The van der Waals surface area contributed by atoms with Gasteiger partial charge in [0.05, 0.1) is 0 Å². The van der Waals surface area contributed by atoms with Crippen molar-refractivity contribution < 1.29 is 4.79 Å². The molecule has 0 aliphatic carbocycles. The van der Waals surface area contributed by atoms with Gasteiger partial charge in [-0.25, -0.2) is 0 Å². The zero-order valence-electron chi connectivity index (χ0n) is 13.3. The highest BCUT2D eigenvalue weighted by Crippen LogP contribution is 2.14. The van der Waals surface area contributed by atoms with Crippen molar-refractivity contribution in [1.29, 1.82) is 0 Å². The van der Waals surface area contributed by atoms with E-state index in [0.29, 0.717) is 5.78 Å². The molecule has 0 aromatic carbocycles. The summed E-state index contributed by atoms with van der Waals surface area (Å²) in [5.41, 5.74) is 0.866. The maximum absolute atomic E-state index is 11.9. The van der Waals surface area contributed by atoms with Gasteiger partial charge in [0, 0.05) is 6.42 Å². The summed E-state index contributed by atoms with van der Waals surface area (Å²) in [7, 11) is 0. The van der Waals surface area contributed by atoms with Crippen molar-refractivity contribution in [3.63, 3.8) is 0 Å². The van der Waals surface area contributed by atoms with Crippen LogP contribution in [0.3, 0.4) is 0 Å². The van der Waals surface area contributed by atoms with Crippen molar-refractivity contribution in [1.82, 2.24) is 0 Å². The van der Waals surface area contributed by atoms with Crippen molar-refractivity contribution in [3.05, 3.63) is 12.2 Å². The van der Waals surface area contributed by atoms with Crippen LogP contribution < -0.4 is 0 Å². The van der Waals surface area contributed by atoms with Gasteiger partial charge in [0.1, 0.15) is 0 Å². The molecule has 19 heavy (non-hydrogen) atoms. The fourth-order valence-corrected chi connectivity index (χ4v) is 2.32. The normalized spacial score (nSPS) is 10.6. The average Bonchev–Trinajstić information content (AvgIpc) is 2.42. The van der Waals surface area contributed by atoms with Gasteiger partial charge in [-0.1, -0.05) is 78.2 Å². The lowest BCUT2D eigenvalue weighted by atomic mass is 10.00. The quantitative estimate of drug-likeness (QED) is 0.269. The molecule has 112 valence electrons. The van der Waals surface area contributed by atoms with E-state index in [1.54, 1.807) is 0 Å². The molecular formula is C18H34O. The Morgan fingerprint density at radius 2 is 1.11 bits per heavy atom. The third-order valence-electron chi connectivity index (χ3n) is 3.73. The first-order valence-electron chi connectivity index (χ1n) is 8.43. The molecule has 1 nitrogen and oxygen atoms in total. The minimum absolute atomic E-state index is 0.311. The van der Waals surface area contributed by atoms with Gasteiger partial charge in [0.2, 0.25) is 0 Å². The van der Waals surface area contributed by atoms with Crippen LogP contribution in [-0.2, 0) is 4.79 Å². The Morgan fingerprint density at radius 1 is 0.684 bits per heavy atom. The monoisotopic (exact) mass is 266 g/mol. The van der Waals surface area contributed by atoms with E-state index in [9.17, 15) is 4.79 Å². The lowest BCUT2D eigenvalue weighted by Gasteiger charge is -2.05. The van der Waals surface area contributed by atoms with Crippen LogP contribution in [0.15, 0.2) is 12.2 Å². The van der Waals surface area contributed by atoms with Crippen molar-refractivity contribution >= 4 is 5.78 Å². The summed E-state index contributed by atoms with van der Waals surface area (Å²) in [6.07, 6.45) is 15.4. The standard InChI is InChI=1S/C18H34O/c1-4-6-8-10-12-14-16-18(19)17(3)15-13-11-9-7-5-2/h3-16H2,1-2H3. The molecule has 0 saturated heterocycles. The summed E-state index contributed by atoms with van der Waals surface area (Å²) >= 11 is 0. The highest BCUT2D eigenvalue weighted by molar-refractivity contribution is 5.94. The van der Waals surface area contributed by atoms with Crippen molar-refractivity contribution in [3.8, 4) is 0 Å². The Hall–Kier alpha value is -0.590. The molecule has 0 heterocycles. The number of Topliss-reactive ketones (excluding diaryl/α,β-unsaturated/α-hetero) is 1. The molecule has 0 atom stereocenters. The first-order chi connectivity index (χ1) is 9.22. The van der Waals surface area contributed by atoms with Gasteiger partial charge < -0.3 is 0 Å². The van der Waals surface area contributed by atoms with Crippen molar-refractivity contribution in [2.75, 3.05) is 0 Å². The summed E-state index contributed by atoms with van der Waals surface area (Å²) in [6.45, 7) is 8.41. The van der Waals surface area contributed by atoms with E-state index in [4.69, 9.17) is 0 Å². The number of carbonyl (C=O) groups excluding carboxylic acids is 1. The van der Waals surface area contributed by atoms with Crippen LogP contribution in [0.2, 0.25) is 0 Å². The molecular weight excluding hydrogens is 232 g/mol. The molecule has 0 radical (unpaired) electrons. The minimum atomic E-state index is 0.311. The number of rotatable bonds is 14. The van der Waals surface area contributed by atoms with Crippen LogP contribution in [0.4, 0.5) is 0 Å². The van der Waals surface area contributed by atoms with Crippen molar-refractivity contribution in [2.24, 2.45) is 0 Å². The summed E-state index contributed by atoms with van der Waals surface area (Å²) in [5.74, 6) is 0.311. The number of unbranched alkanes of at least 4 members (excludes halogenated alkanes) is 9. The molecule has 0 N–H and O–H groups in total. The van der Waals surface area contributed by atoms with Gasteiger partial charge in [-0.2, -0.15) is 0 Å². The Labute approximate surface area is 120 Å². The second-order valence-corrected chi connectivity index (χ2v) is 5.71. The third-order valence-corrected chi connectivity index (χ3v) is 3.73. The van der Waals surface area contributed by atoms with Crippen LogP contribution in [0.25, 0.3) is 0 Å². The first kappa shape index (κ1) is 18.4. The summed E-state index contributed by atoms with van der Waals surface area (Å²) in [5, 5.41) is 0. The Balaban J connectivity index is 3.41. The molecule has 0 aliphatic rings. The van der Waals surface area contributed by atoms with Gasteiger partial charge in [-0.05, 0) is 24.8 Å². The Kier molecular flexibility index (Phi) is 13.4.